The Morgan fingerprint density at radius 3 is 3.00 bits per heavy atom. The molecule has 0 aliphatic carbocycles. The van der Waals surface area contributed by atoms with E-state index in [4.69, 9.17) is 5.73 Å². The first kappa shape index (κ1) is 9.77. The monoisotopic (exact) mass is 180 g/mol. The molecule has 0 saturated carbocycles. The zero-order valence-electron chi connectivity index (χ0n) is 8.20. The Labute approximate surface area is 78.5 Å². The number of nitrogens with two attached hydrogens (primary N) is 1. The zero-order chi connectivity index (χ0) is 9.68. The van der Waals surface area contributed by atoms with Crippen molar-refractivity contribution in [2.75, 3.05) is 0 Å². The van der Waals surface area contributed by atoms with E-state index in [1.54, 1.807) is 4.68 Å². The molecule has 0 aromatic carbocycles. The molecule has 0 aliphatic rings. The molecule has 1 aromatic heterocycles. The topological polar surface area (TPSA) is 56.2 Å². The van der Waals surface area contributed by atoms with Crippen LogP contribution >= 0.6 is 0 Å². The lowest BCUT2D eigenvalue weighted by Crippen LogP contribution is -2.10. The predicted molar refractivity (Wildman–Crippen MR) is 53.4 cm³/mol. The van der Waals surface area contributed by atoms with Crippen LogP contribution in [0.2, 0.25) is 0 Å². The van der Waals surface area contributed by atoms with Crippen LogP contribution in [0.3, 0.4) is 0 Å². The van der Waals surface area contributed by atoms with Gasteiger partial charge in [-0.1, -0.05) is 6.92 Å². The average molecular weight is 180 g/mol. The molecular weight excluding hydrogens is 164 g/mol. The molecule has 1 aromatic rings. The van der Waals surface area contributed by atoms with E-state index in [0.29, 0.717) is 6.54 Å². The van der Waals surface area contributed by atoms with Crippen molar-refractivity contribution in [2.24, 2.45) is 17.8 Å². The van der Waals surface area contributed by atoms with Crippen LogP contribution in [0.1, 0.15) is 25.3 Å². The largest absolute Gasteiger partial charge is 0.387 e. The van der Waals surface area contributed by atoms with E-state index >= 15 is 0 Å². The van der Waals surface area contributed by atoms with Crippen LogP contribution < -0.4 is 5.73 Å². The molecule has 0 saturated heterocycles. The maximum atomic E-state index is 5.66. The Balaban J connectivity index is 2.46. The molecular formula is C9H16N4. The van der Waals surface area contributed by atoms with Gasteiger partial charge in [0.05, 0.1) is 18.6 Å². The summed E-state index contributed by atoms with van der Waals surface area (Å²) in [5.41, 5.74) is 6.76. The average Bonchev–Trinajstić information content (AvgIpc) is 2.49. The van der Waals surface area contributed by atoms with Gasteiger partial charge in [0.2, 0.25) is 0 Å². The molecule has 0 bridgehead atoms. The van der Waals surface area contributed by atoms with E-state index in [2.05, 4.69) is 17.0 Å². The standard InChI is InChI=1S/C9H16N4/c1-3-4-9(10)11-5-8-6-12-13(2)7-8/h6-7H,3-5H2,1-2H3,(H2,10,11). The van der Waals surface area contributed by atoms with E-state index < -0.39 is 0 Å². The summed E-state index contributed by atoms with van der Waals surface area (Å²) in [6.07, 6.45) is 5.67. The molecule has 72 valence electrons. The Morgan fingerprint density at radius 1 is 1.69 bits per heavy atom. The summed E-state index contributed by atoms with van der Waals surface area (Å²) in [5, 5.41) is 4.05. The maximum absolute atomic E-state index is 5.66. The van der Waals surface area contributed by atoms with Gasteiger partial charge in [-0.15, -0.1) is 0 Å². The minimum absolute atomic E-state index is 0.639. The van der Waals surface area contributed by atoms with Gasteiger partial charge in [-0.3, -0.25) is 9.67 Å². The number of aliphatic imine (C=N–C) groups is 1. The Bertz CT molecular complexity index is 288. The molecule has 0 amide bonds. The van der Waals surface area contributed by atoms with Crippen LogP contribution in [0, 0.1) is 0 Å². The quantitative estimate of drug-likeness (QED) is 0.556. The van der Waals surface area contributed by atoms with Gasteiger partial charge in [0.25, 0.3) is 0 Å². The van der Waals surface area contributed by atoms with Gasteiger partial charge >= 0.3 is 0 Å². The summed E-state index contributed by atoms with van der Waals surface area (Å²) in [6.45, 7) is 2.73. The fraction of sp³-hybridized carbons (Fsp3) is 0.556. The lowest BCUT2D eigenvalue weighted by atomic mass is 10.3. The van der Waals surface area contributed by atoms with Gasteiger partial charge < -0.3 is 5.73 Å². The van der Waals surface area contributed by atoms with Crippen molar-refractivity contribution in [2.45, 2.75) is 26.3 Å². The number of hydrogen-bond donors (Lipinski definition) is 1. The lowest BCUT2D eigenvalue weighted by Gasteiger charge is -1.95. The second-order valence-electron chi connectivity index (χ2n) is 3.08. The summed E-state index contributed by atoms with van der Waals surface area (Å²) in [4.78, 5) is 4.24. The molecule has 1 rings (SSSR count). The number of rotatable bonds is 4. The lowest BCUT2D eigenvalue weighted by molar-refractivity contribution is 0.767. The van der Waals surface area contributed by atoms with Crippen LogP contribution in [-0.2, 0) is 13.6 Å². The smallest absolute Gasteiger partial charge is 0.0941 e. The van der Waals surface area contributed by atoms with Crippen LogP contribution in [-0.4, -0.2) is 15.6 Å². The number of hydrogen-bond acceptors (Lipinski definition) is 2. The molecule has 2 N–H and O–H groups in total. The zero-order valence-corrected chi connectivity index (χ0v) is 8.20. The van der Waals surface area contributed by atoms with Gasteiger partial charge in [0, 0.05) is 25.2 Å². The Hall–Kier alpha value is -1.32. The molecule has 4 heteroatoms. The molecule has 0 spiro atoms. The van der Waals surface area contributed by atoms with E-state index in [9.17, 15) is 0 Å². The highest BCUT2D eigenvalue weighted by molar-refractivity contribution is 5.80. The summed E-state index contributed by atoms with van der Waals surface area (Å²) in [5.74, 6) is 0.728. The van der Waals surface area contributed by atoms with Gasteiger partial charge in [-0.05, 0) is 6.42 Å². The minimum Gasteiger partial charge on any atom is -0.387 e. The van der Waals surface area contributed by atoms with Crippen molar-refractivity contribution in [3.05, 3.63) is 18.0 Å². The second-order valence-corrected chi connectivity index (χ2v) is 3.08. The van der Waals surface area contributed by atoms with E-state index in [1.165, 1.54) is 0 Å². The van der Waals surface area contributed by atoms with Crippen molar-refractivity contribution >= 4 is 5.84 Å². The molecule has 0 atom stereocenters. The van der Waals surface area contributed by atoms with Gasteiger partial charge in [0.15, 0.2) is 0 Å². The number of nitrogens with zero attached hydrogens (tertiary/aromatic N) is 3. The minimum atomic E-state index is 0.639. The highest BCUT2D eigenvalue weighted by Crippen LogP contribution is 1.99. The highest BCUT2D eigenvalue weighted by atomic mass is 15.2. The van der Waals surface area contributed by atoms with Crippen molar-refractivity contribution < 1.29 is 0 Å². The molecule has 0 unspecified atom stereocenters. The Kier molecular flexibility index (Phi) is 3.49. The Morgan fingerprint density at radius 2 is 2.46 bits per heavy atom. The maximum Gasteiger partial charge on any atom is 0.0941 e. The molecule has 1 heterocycles. The van der Waals surface area contributed by atoms with Crippen molar-refractivity contribution in [1.82, 2.24) is 9.78 Å². The number of aromatic nitrogens is 2. The van der Waals surface area contributed by atoms with Crippen LogP contribution in [0.4, 0.5) is 0 Å². The van der Waals surface area contributed by atoms with Gasteiger partial charge in [-0.25, -0.2) is 0 Å². The van der Waals surface area contributed by atoms with E-state index in [0.717, 1.165) is 24.2 Å². The van der Waals surface area contributed by atoms with Crippen molar-refractivity contribution in [3.63, 3.8) is 0 Å². The first-order chi connectivity index (χ1) is 6.22. The third kappa shape index (κ3) is 3.27. The number of amidine groups is 1. The van der Waals surface area contributed by atoms with Crippen molar-refractivity contribution in [3.8, 4) is 0 Å². The first-order valence-corrected chi connectivity index (χ1v) is 4.48. The van der Waals surface area contributed by atoms with Gasteiger partial charge in [-0.2, -0.15) is 5.10 Å². The molecule has 0 radical (unpaired) electrons. The van der Waals surface area contributed by atoms with Crippen LogP contribution in [0.15, 0.2) is 17.4 Å². The molecule has 0 fully saturated rings. The molecule has 4 nitrogen and oxygen atoms in total. The fourth-order valence-corrected chi connectivity index (χ4v) is 1.08. The van der Waals surface area contributed by atoms with E-state index in [-0.39, 0.29) is 0 Å². The van der Waals surface area contributed by atoms with Crippen molar-refractivity contribution in [1.29, 1.82) is 0 Å². The first-order valence-electron chi connectivity index (χ1n) is 4.48. The predicted octanol–water partition coefficient (Wildman–Crippen LogP) is 1.08. The second kappa shape index (κ2) is 4.64. The molecule has 0 aliphatic heterocycles. The van der Waals surface area contributed by atoms with Crippen LogP contribution in [0.25, 0.3) is 0 Å². The SMILES string of the molecule is CCCC(N)=NCc1cnn(C)c1. The summed E-state index contributed by atoms with van der Waals surface area (Å²) in [6, 6.07) is 0. The number of aryl methyl sites for hydroxylation is 1. The summed E-state index contributed by atoms with van der Waals surface area (Å²) in [7, 11) is 1.89. The molecule has 13 heavy (non-hydrogen) atoms. The van der Waals surface area contributed by atoms with E-state index in [1.807, 2.05) is 19.4 Å². The third-order valence-corrected chi connectivity index (χ3v) is 1.73. The third-order valence-electron chi connectivity index (χ3n) is 1.73. The van der Waals surface area contributed by atoms with Gasteiger partial charge in [0.1, 0.15) is 0 Å². The highest BCUT2D eigenvalue weighted by Gasteiger charge is 1.94. The van der Waals surface area contributed by atoms with Crippen LogP contribution in [0.5, 0.6) is 0 Å². The summed E-state index contributed by atoms with van der Waals surface area (Å²) >= 11 is 0. The normalized spacial score (nSPS) is 12.0. The summed E-state index contributed by atoms with van der Waals surface area (Å²) < 4.78 is 1.76. The fourth-order valence-electron chi connectivity index (χ4n) is 1.08.